The van der Waals surface area contributed by atoms with Crippen LogP contribution in [-0.4, -0.2) is 32.3 Å². The van der Waals surface area contributed by atoms with E-state index in [1.165, 1.54) is 11.1 Å². The molecular weight excluding hydrogens is 397 g/mol. The molecule has 0 aliphatic carbocycles. The van der Waals surface area contributed by atoms with Gasteiger partial charge in [0.15, 0.2) is 0 Å². The van der Waals surface area contributed by atoms with Gasteiger partial charge in [-0.15, -0.1) is 12.4 Å². The van der Waals surface area contributed by atoms with E-state index in [0.717, 1.165) is 50.2 Å². The van der Waals surface area contributed by atoms with Crippen LogP contribution in [0.1, 0.15) is 24.0 Å². The number of anilines is 1. The summed E-state index contributed by atoms with van der Waals surface area (Å²) in [5.74, 6) is 0.827. The topological polar surface area (TPSA) is 62.4 Å². The summed E-state index contributed by atoms with van der Waals surface area (Å²) in [7, 11) is 0. The molecule has 1 aliphatic heterocycles. The predicted molar refractivity (Wildman–Crippen MR) is 117 cm³/mol. The van der Waals surface area contributed by atoms with Crippen LogP contribution in [0.5, 0.6) is 5.75 Å². The van der Waals surface area contributed by atoms with E-state index in [1.807, 2.05) is 36.4 Å². The smallest absolute Gasteiger partial charge is 0.319 e. The highest BCUT2D eigenvalue weighted by molar-refractivity contribution is 6.32. The number of amides is 2. The first-order valence-corrected chi connectivity index (χ1v) is 9.85. The molecule has 28 heavy (non-hydrogen) atoms. The highest BCUT2D eigenvalue weighted by Crippen LogP contribution is 2.33. The summed E-state index contributed by atoms with van der Waals surface area (Å²) >= 11 is 6.36. The summed E-state index contributed by atoms with van der Waals surface area (Å²) in [4.78, 5) is 11.8. The number of hydrogen-bond donors (Lipinski definition) is 3. The van der Waals surface area contributed by atoms with E-state index in [4.69, 9.17) is 16.3 Å². The number of benzene rings is 2. The summed E-state index contributed by atoms with van der Waals surface area (Å²) in [6.07, 6.45) is 3.63. The van der Waals surface area contributed by atoms with Crippen molar-refractivity contribution in [1.29, 1.82) is 0 Å². The first-order valence-electron chi connectivity index (χ1n) is 9.48. The predicted octanol–water partition coefficient (Wildman–Crippen LogP) is 4.43. The van der Waals surface area contributed by atoms with Gasteiger partial charge in [0, 0.05) is 17.8 Å². The van der Waals surface area contributed by atoms with E-state index in [-0.39, 0.29) is 18.4 Å². The zero-order valence-electron chi connectivity index (χ0n) is 15.8. The highest BCUT2D eigenvalue weighted by Gasteiger charge is 2.15. The first kappa shape index (κ1) is 22.3. The average Bonchev–Trinajstić information content (AvgIpc) is 2.92. The van der Waals surface area contributed by atoms with Crippen LogP contribution >= 0.6 is 24.0 Å². The number of para-hydroxylation sites is 1. The molecule has 7 heteroatoms. The molecule has 1 heterocycles. The second-order valence-corrected chi connectivity index (χ2v) is 6.97. The zero-order chi connectivity index (χ0) is 18.9. The Labute approximate surface area is 177 Å². The number of hydrogen-bond acceptors (Lipinski definition) is 3. The maximum absolute atomic E-state index is 11.8. The highest BCUT2D eigenvalue weighted by atomic mass is 35.5. The van der Waals surface area contributed by atoms with Crippen molar-refractivity contribution in [2.75, 3.05) is 31.6 Å². The van der Waals surface area contributed by atoms with Crippen molar-refractivity contribution < 1.29 is 9.53 Å². The number of fused-ring (bicyclic) bond motifs is 1. The molecule has 5 nitrogen and oxygen atoms in total. The first-order chi connectivity index (χ1) is 13.2. The second kappa shape index (κ2) is 11.8. The van der Waals surface area contributed by atoms with Crippen LogP contribution in [-0.2, 0) is 12.8 Å². The van der Waals surface area contributed by atoms with Crippen LogP contribution in [0.4, 0.5) is 10.5 Å². The van der Waals surface area contributed by atoms with Gasteiger partial charge in [-0.25, -0.2) is 4.79 Å². The number of nitrogens with one attached hydrogen (secondary N) is 3. The molecule has 0 saturated carbocycles. The molecule has 152 valence electrons. The molecule has 3 rings (SSSR count). The van der Waals surface area contributed by atoms with E-state index in [9.17, 15) is 4.79 Å². The number of ether oxygens (including phenoxy) is 1. The Kier molecular flexibility index (Phi) is 9.41. The fourth-order valence-corrected chi connectivity index (χ4v) is 3.40. The van der Waals surface area contributed by atoms with Crippen LogP contribution < -0.4 is 20.7 Å². The van der Waals surface area contributed by atoms with E-state index in [1.54, 1.807) is 0 Å². The third-order valence-electron chi connectivity index (χ3n) is 4.57. The van der Waals surface area contributed by atoms with E-state index in [2.05, 4.69) is 22.0 Å². The number of unbranched alkanes of at least 4 members (excludes halogenated alkanes) is 1. The third-order valence-corrected chi connectivity index (χ3v) is 4.86. The lowest BCUT2D eigenvalue weighted by atomic mass is 10.0. The zero-order valence-corrected chi connectivity index (χ0v) is 17.4. The molecule has 3 N–H and O–H groups in total. The standard InChI is InChI=1S/C21H26ClN3O2.ClH/c22-19-9-8-16-10-13-23-14-11-18(16)20(19)27-15-5-4-12-24-21(26)25-17-6-2-1-3-7-17;/h1-3,6-9,23H,4-5,10-15H2,(H2,24,25,26);1H. The third kappa shape index (κ3) is 6.59. The normalized spacial score (nSPS) is 12.9. The van der Waals surface area contributed by atoms with Crippen LogP contribution in [0.15, 0.2) is 42.5 Å². The van der Waals surface area contributed by atoms with Crippen LogP contribution in [0.3, 0.4) is 0 Å². The molecule has 0 atom stereocenters. The molecule has 0 spiro atoms. The van der Waals surface area contributed by atoms with Crippen LogP contribution in [0, 0.1) is 0 Å². The van der Waals surface area contributed by atoms with Crippen molar-refractivity contribution in [3.8, 4) is 5.75 Å². The molecule has 0 fully saturated rings. The number of carbonyl (C=O) groups excluding carboxylic acids is 1. The Hall–Kier alpha value is -1.95. The van der Waals surface area contributed by atoms with Gasteiger partial charge in [-0.05, 0) is 62.5 Å². The van der Waals surface area contributed by atoms with Crippen molar-refractivity contribution in [3.63, 3.8) is 0 Å². The number of carbonyl (C=O) groups is 1. The van der Waals surface area contributed by atoms with Crippen LogP contribution in [0.25, 0.3) is 0 Å². The van der Waals surface area contributed by atoms with Gasteiger partial charge in [0.05, 0.1) is 11.6 Å². The Bertz CT molecular complexity index is 757. The second-order valence-electron chi connectivity index (χ2n) is 6.57. The fourth-order valence-electron chi connectivity index (χ4n) is 3.17. The summed E-state index contributed by atoms with van der Waals surface area (Å²) < 4.78 is 6.01. The lowest BCUT2D eigenvalue weighted by molar-refractivity contribution is 0.251. The minimum absolute atomic E-state index is 0. The lowest BCUT2D eigenvalue weighted by Crippen LogP contribution is -2.29. The molecule has 0 unspecified atom stereocenters. The van der Waals surface area contributed by atoms with Crippen molar-refractivity contribution in [3.05, 3.63) is 58.6 Å². The Morgan fingerprint density at radius 3 is 2.68 bits per heavy atom. The average molecular weight is 424 g/mol. The Morgan fingerprint density at radius 2 is 1.86 bits per heavy atom. The Morgan fingerprint density at radius 1 is 1.07 bits per heavy atom. The molecule has 0 saturated heterocycles. The molecule has 2 amide bonds. The van der Waals surface area contributed by atoms with Gasteiger partial charge in [-0.3, -0.25) is 0 Å². The van der Waals surface area contributed by atoms with Crippen molar-refractivity contribution >= 4 is 35.7 Å². The summed E-state index contributed by atoms with van der Waals surface area (Å²) in [6, 6.07) is 13.2. The van der Waals surface area contributed by atoms with E-state index >= 15 is 0 Å². The molecule has 2 aromatic rings. The number of urea groups is 1. The molecular formula is C21H27Cl2N3O2. The number of halogens is 2. The van der Waals surface area contributed by atoms with E-state index < -0.39 is 0 Å². The summed E-state index contributed by atoms with van der Waals surface area (Å²) in [5, 5.41) is 9.75. The van der Waals surface area contributed by atoms with Gasteiger partial charge in [0.25, 0.3) is 0 Å². The molecule has 1 aliphatic rings. The Balaban J connectivity index is 0.00000280. The maximum atomic E-state index is 11.8. The van der Waals surface area contributed by atoms with Gasteiger partial charge in [0.2, 0.25) is 0 Å². The number of rotatable bonds is 7. The fraction of sp³-hybridized carbons (Fsp3) is 0.381. The van der Waals surface area contributed by atoms with Crippen LogP contribution in [0.2, 0.25) is 5.02 Å². The largest absolute Gasteiger partial charge is 0.492 e. The summed E-state index contributed by atoms with van der Waals surface area (Å²) in [6.45, 7) is 3.13. The van der Waals surface area contributed by atoms with Gasteiger partial charge < -0.3 is 20.7 Å². The molecule has 0 aromatic heterocycles. The van der Waals surface area contributed by atoms with Gasteiger partial charge in [-0.2, -0.15) is 0 Å². The monoisotopic (exact) mass is 423 g/mol. The van der Waals surface area contributed by atoms with E-state index in [0.29, 0.717) is 18.2 Å². The van der Waals surface area contributed by atoms with Gasteiger partial charge >= 0.3 is 6.03 Å². The minimum Gasteiger partial charge on any atom is -0.492 e. The van der Waals surface area contributed by atoms with Gasteiger partial charge in [0.1, 0.15) is 5.75 Å². The van der Waals surface area contributed by atoms with Crippen molar-refractivity contribution in [2.45, 2.75) is 25.7 Å². The van der Waals surface area contributed by atoms with Crippen molar-refractivity contribution in [2.24, 2.45) is 0 Å². The molecule has 0 radical (unpaired) electrons. The summed E-state index contributed by atoms with van der Waals surface area (Å²) in [5.41, 5.74) is 3.33. The molecule has 2 aromatic carbocycles. The quantitative estimate of drug-likeness (QED) is 0.577. The minimum atomic E-state index is -0.189. The molecule has 0 bridgehead atoms. The van der Waals surface area contributed by atoms with Gasteiger partial charge in [-0.1, -0.05) is 35.9 Å². The van der Waals surface area contributed by atoms with Crippen molar-refractivity contribution in [1.82, 2.24) is 10.6 Å². The maximum Gasteiger partial charge on any atom is 0.319 e. The SMILES string of the molecule is Cl.O=C(NCCCCOc1c(Cl)ccc2c1CCNCC2)Nc1ccccc1. The lowest BCUT2D eigenvalue weighted by Gasteiger charge is -2.15.